The number of nitrogens with two attached hydrogens (primary N) is 1. The molecule has 9 heteroatoms. The van der Waals surface area contributed by atoms with E-state index < -0.39 is 11.9 Å². The first-order valence-electron chi connectivity index (χ1n) is 6.38. The molecule has 1 heterocycles. The Morgan fingerprint density at radius 1 is 1.17 bits per heavy atom. The number of methoxy groups -OCH3 is 1. The number of benzene rings is 1. The van der Waals surface area contributed by atoms with E-state index in [1.165, 1.54) is 7.11 Å². The second kappa shape index (κ2) is 7.98. The molecule has 0 bridgehead atoms. The Kier molecular flexibility index (Phi) is 6.59. The molecule has 0 radical (unpaired) electrons. The fourth-order valence-corrected chi connectivity index (χ4v) is 1.78. The molecule has 0 unspecified atom stereocenters. The van der Waals surface area contributed by atoms with Gasteiger partial charge in [0.25, 0.3) is 0 Å². The van der Waals surface area contributed by atoms with Gasteiger partial charge in [-0.3, -0.25) is 0 Å². The quantitative estimate of drug-likeness (QED) is 0.898. The van der Waals surface area contributed by atoms with Gasteiger partial charge in [-0.25, -0.2) is 0 Å². The van der Waals surface area contributed by atoms with Gasteiger partial charge in [0.05, 0.1) is 12.8 Å². The average Bonchev–Trinajstić information content (AvgIpc) is 2.51. The Morgan fingerprint density at radius 2 is 1.87 bits per heavy atom. The largest absolute Gasteiger partial charge is 0.496 e. The zero-order chi connectivity index (χ0) is 16.2. The van der Waals surface area contributed by atoms with E-state index >= 15 is 0 Å². The van der Waals surface area contributed by atoms with Gasteiger partial charge in [-0.2, -0.15) is 23.1 Å². The lowest BCUT2D eigenvalue weighted by Crippen LogP contribution is -2.15. The van der Waals surface area contributed by atoms with Crippen LogP contribution < -0.4 is 15.2 Å². The molecule has 2 aromatic rings. The van der Waals surface area contributed by atoms with Crippen LogP contribution in [0.5, 0.6) is 11.8 Å². The van der Waals surface area contributed by atoms with Crippen molar-refractivity contribution in [1.29, 1.82) is 0 Å². The molecule has 1 aromatic carbocycles. The molecule has 0 aliphatic carbocycles. The average molecular weight is 350 g/mol. The van der Waals surface area contributed by atoms with E-state index in [-0.39, 0.29) is 37.3 Å². The maximum absolute atomic E-state index is 13.0. The summed E-state index contributed by atoms with van der Waals surface area (Å²) in [4.78, 5) is 7.36. The Hall–Kier alpha value is -2.06. The molecule has 0 saturated carbocycles. The van der Waals surface area contributed by atoms with Crippen molar-refractivity contribution in [3.8, 4) is 23.0 Å². The molecule has 0 aliphatic heterocycles. The van der Waals surface area contributed by atoms with Gasteiger partial charge in [-0.15, -0.1) is 12.4 Å². The number of hydrogen-bond acceptors (Lipinski definition) is 5. The van der Waals surface area contributed by atoms with Crippen LogP contribution in [0.4, 0.5) is 13.2 Å². The van der Waals surface area contributed by atoms with Gasteiger partial charge in [-0.05, 0) is 18.2 Å². The van der Waals surface area contributed by atoms with Crippen molar-refractivity contribution in [3.63, 3.8) is 0 Å². The second-order valence-corrected chi connectivity index (χ2v) is 4.26. The van der Waals surface area contributed by atoms with Crippen molar-refractivity contribution < 1.29 is 22.6 Å². The first-order valence-corrected chi connectivity index (χ1v) is 6.38. The number of para-hydroxylation sites is 1. The molecule has 0 saturated heterocycles. The number of ether oxygens (including phenoxy) is 2. The van der Waals surface area contributed by atoms with Crippen molar-refractivity contribution >= 4 is 12.4 Å². The smallest absolute Gasteiger partial charge is 0.433 e. The lowest BCUT2D eigenvalue weighted by atomic mass is 10.1. The third-order valence-electron chi connectivity index (χ3n) is 2.73. The van der Waals surface area contributed by atoms with Crippen LogP contribution in [-0.4, -0.2) is 30.2 Å². The monoisotopic (exact) mass is 349 g/mol. The van der Waals surface area contributed by atoms with Crippen LogP contribution in [0.2, 0.25) is 0 Å². The Labute approximate surface area is 137 Å². The molecule has 2 rings (SSSR count). The molecule has 0 atom stereocenters. The van der Waals surface area contributed by atoms with E-state index in [1.807, 2.05) is 0 Å². The molecule has 0 amide bonds. The zero-order valence-corrected chi connectivity index (χ0v) is 12.9. The molecule has 1 aromatic heterocycles. The topological polar surface area (TPSA) is 70.3 Å². The first kappa shape index (κ1) is 19.0. The highest BCUT2D eigenvalue weighted by Gasteiger charge is 2.34. The van der Waals surface area contributed by atoms with Gasteiger partial charge in [0.1, 0.15) is 12.4 Å². The maximum Gasteiger partial charge on any atom is 0.433 e. The van der Waals surface area contributed by atoms with Crippen LogP contribution in [0, 0.1) is 0 Å². The highest BCUT2D eigenvalue weighted by molar-refractivity contribution is 5.85. The van der Waals surface area contributed by atoms with E-state index in [0.717, 1.165) is 6.07 Å². The van der Waals surface area contributed by atoms with Crippen LogP contribution >= 0.6 is 12.4 Å². The van der Waals surface area contributed by atoms with Crippen LogP contribution in [0.3, 0.4) is 0 Å². The molecule has 2 N–H and O–H groups in total. The van der Waals surface area contributed by atoms with Crippen LogP contribution in [0.25, 0.3) is 11.3 Å². The van der Waals surface area contributed by atoms with Crippen molar-refractivity contribution in [2.75, 3.05) is 20.3 Å². The van der Waals surface area contributed by atoms with Crippen molar-refractivity contribution in [2.45, 2.75) is 6.18 Å². The predicted octanol–water partition coefficient (Wildman–Crippen LogP) is 2.93. The summed E-state index contributed by atoms with van der Waals surface area (Å²) in [6.07, 6.45) is -4.61. The van der Waals surface area contributed by atoms with E-state index in [1.54, 1.807) is 24.3 Å². The first-order chi connectivity index (χ1) is 10.5. The minimum Gasteiger partial charge on any atom is -0.496 e. The fourth-order valence-electron chi connectivity index (χ4n) is 1.78. The zero-order valence-electron chi connectivity index (χ0n) is 12.1. The maximum atomic E-state index is 13.0. The molecule has 0 fully saturated rings. The number of rotatable bonds is 5. The molecule has 23 heavy (non-hydrogen) atoms. The van der Waals surface area contributed by atoms with Gasteiger partial charge >= 0.3 is 12.2 Å². The molecule has 5 nitrogen and oxygen atoms in total. The minimum absolute atomic E-state index is 0. The van der Waals surface area contributed by atoms with E-state index in [2.05, 4.69) is 9.97 Å². The molecular formula is C14H15ClF3N3O2. The molecule has 0 aliphatic rings. The Balaban J connectivity index is 0.00000264. The molecule has 0 spiro atoms. The SMILES string of the molecule is COc1ccccc1-c1cc(C(F)(F)F)nc(OCCN)n1.Cl. The van der Waals surface area contributed by atoms with Crippen molar-refractivity contribution in [3.05, 3.63) is 36.0 Å². The Bertz CT molecular complexity index is 653. The third-order valence-corrected chi connectivity index (χ3v) is 2.73. The lowest BCUT2D eigenvalue weighted by molar-refractivity contribution is -0.141. The van der Waals surface area contributed by atoms with Crippen LogP contribution in [0.15, 0.2) is 30.3 Å². The second-order valence-electron chi connectivity index (χ2n) is 4.26. The number of alkyl halides is 3. The summed E-state index contributed by atoms with van der Waals surface area (Å²) in [7, 11) is 1.43. The highest BCUT2D eigenvalue weighted by Crippen LogP contribution is 2.34. The summed E-state index contributed by atoms with van der Waals surface area (Å²) >= 11 is 0. The summed E-state index contributed by atoms with van der Waals surface area (Å²) in [5.74, 6) is 0.402. The van der Waals surface area contributed by atoms with Gasteiger partial charge in [0.15, 0.2) is 5.69 Å². The van der Waals surface area contributed by atoms with Crippen LogP contribution in [0.1, 0.15) is 5.69 Å². The van der Waals surface area contributed by atoms with Gasteiger partial charge in [0, 0.05) is 12.1 Å². The van der Waals surface area contributed by atoms with Gasteiger partial charge in [0.2, 0.25) is 0 Å². The van der Waals surface area contributed by atoms with Gasteiger partial charge < -0.3 is 15.2 Å². The normalized spacial score (nSPS) is 10.8. The number of nitrogens with zero attached hydrogens (tertiary/aromatic N) is 2. The molecule has 126 valence electrons. The van der Waals surface area contributed by atoms with E-state index in [4.69, 9.17) is 15.2 Å². The standard InChI is InChI=1S/C14H14F3N3O2.ClH/c1-21-11-5-3-2-4-9(11)10-8-12(14(15,16)17)20-13(19-10)22-7-6-18;/h2-5,8H,6-7,18H2,1H3;1H. The minimum atomic E-state index is -4.61. The summed E-state index contributed by atoms with van der Waals surface area (Å²) in [6, 6.07) is 7.10. The van der Waals surface area contributed by atoms with Crippen LogP contribution in [-0.2, 0) is 6.18 Å². The number of hydrogen-bond donors (Lipinski definition) is 1. The van der Waals surface area contributed by atoms with Crippen molar-refractivity contribution in [2.24, 2.45) is 5.73 Å². The summed E-state index contributed by atoms with van der Waals surface area (Å²) in [5, 5.41) is 0. The third kappa shape index (κ3) is 4.70. The van der Waals surface area contributed by atoms with E-state index in [0.29, 0.717) is 11.3 Å². The Morgan fingerprint density at radius 3 is 2.48 bits per heavy atom. The molecular weight excluding hydrogens is 335 g/mol. The highest BCUT2D eigenvalue weighted by atomic mass is 35.5. The lowest BCUT2D eigenvalue weighted by Gasteiger charge is -2.12. The van der Waals surface area contributed by atoms with Gasteiger partial charge in [-0.1, -0.05) is 12.1 Å². The number of halogens is 4. The summed E-state index contributed by atoms with van der Waals surface area (Å²) in [6.45, 7) is 0.163. The summed E-state index contributed by atoms with van der Waals surface area (Å²) < 4.78 is 49.1. The van der Waals surface area contributed by atoms with E-state index in [9.17, 15) is 13.2 Å². The predicted molar refractivity (Wildman–Crippen MR) is 80.8 cm³/mol. The number of aromatic nitrogens is 2. The summed E-state index contributed by atoms with van der Waals surface area (Å²) in [5.41, 5.74) is 4.66. The fraction of sp³-hybridized carbons (Fsp3) is 0.286. The van der Waals surface area contributed by atoms with Crippen molar-refractivity contribution in [1.82, 2.24) is 9.97 Å².